The Morgan fingerprint density at radius 3 is 2.47 bits per heavy atom. The maximum atomic E-state index is 12.4. The molecule has 1 amide bonds. The maximum absolute atomic E-state index is 12.4. The van der Waals surface area contributed by atoms with Gasteiger partial charge in [0.25, 0.3) is 5.91 Å². The van der Waals surface area contributed by atoms with Crippen LogP contribution >= 0.6 is 0 Å². The Bertz CT molecular complexity index is 1070. The number of rotatable bonds is 9. The number of nitrogens with zero attached hydrogens (tertiary/aromatic N) is 4. The van der Waals surface area contributed by atoms with Gasteiger partial charge in [-0.15, -0.1) is 10.2 Å². The number of nitrogens with one attached hydrogen (secondary N) is 1. The highest BCUT2D eigenvalue weighted by Crippen LogP contribution is 2.19. The molecule has 8 nitrogen and oxygen atoms in total. The number of carbonyl (C=O) groups excluding carboxylic acids is 1. The molecule has 8 heteroatoms. The zero-order valence-corrected chi connectivity index (χ0v) is 20.1. The molecule has 1 aliphatic rings. The van der Waals surface area contributed by atoms with Crippen LogP contribution in [0.2, 0.25) is 0 Å². The summed E-state index contributed by atoms with van der Waals surface area (Å²) in [6.07, 6.45) is 0.990. The van der Waals surface area contributed by atoms with Crippen LogP contribution in [0.4, 0.5) is 0 Å². The van der Waals surface area contributed by atoms with Gasteiger partial charge in [0.2, 0.25) is 0 Å². The summed E-state index contributed by atoms with van der Waals surface area (Å²) in [5.74, 6) is 3.12. The lowest BCUT2D eigenvalue weighted by atomic mass is 10.2. The monoisotopic (exact) mass is 463 g/mol. The summed E-state index contributed by atoms with van der Waals surface area (Å²) in [4.78, 5) is 14.8. The van der Waals surface area contributed by atoms with Gasteiger partial charge in [0.05, 0.1) is 12.1 Å². The molecule has 180 valence electrons. The van der Waals surface area contributed by atoms with E-state index in [-0.39, 0.29) is 24.7 Å². The van der Waals surface area contributed by atoms with Crippen molar-refractivity contribution in [3.8, 4) is 11.5 Å². The third-order valence-corrected chi connectivity index (χ3v) is 5.73. The van der Waals surface area contributed by atoms with Crippen LogP contribution in [-0.4, -0.2) is 51.4 Å². The van der Waals surface area contributed by atoms with Crippen LogP contribution in [0.1, 0.15) is 44.0 Å². The fourth-order valence-corrected chi connectivity index (χ4v) is 4.08. The number of hydrogen-bond acceptors (Lipinski definition) is 6. The summed E-state index contributed by atoms with van der Waals surface area (Å²) in [5, 5.41) is 11.8. The van der Waals surface area contributed by atoms with E-state index in [2.05, 4.69) is 37.1 Å². The largest absolute Gasteiger partial charge is 0.491 e. The molecule has 0 unspecified atom stereocenters. The van der Waals surface area contributed by atoms with Gasteiger partial charge in [0.15, 0.2) is 12.4 Å². The van der Waals surface area contributed by atoms with Gasteiger partial charge < -0.3 is 19.4 Å². The Kier molecular flexibility index (Phi) is 7.80. The molecule has 3 aromatic rings. The summed E-state index contributed by atoms with van der Waals surface area (Å²) in [5.41, 5.74) is 1.26. The molecule has 2 heterocycles. The van der Waals surface area contributed by atoms with Crippen LogP contribution in [0.3, 0.4) is 0 Å². The molecule has 34 heavy (non-hydrogen) atoms. The van der Waals surface area contributed by atoms with Crippen molar-refractivity contribution in [3.63, 3.8) is 0 Å². The molecule has 0 fully saturated rings. The SMILES string of the molecule is CC(C)Oc1ccc(CN2CCc3nnc([C@H](C)NC(=O)COc4ccccc4)n3CC2)cc1. The normalized spacial score (nSPS) is 14.8. The minimum absolute atomic E-state index is 0.0376. The van der Waals surface area contributed by atoms with E-state index in [0.29, 0.717) is 5.75 Å². The predicted octanol–water partition coefficient (Wildman–Crippen LogP) is 3.38. The molecule has 1 aliphatic heterocycles. The number of benzene rings is 2. The first-order valence-corrected chi connectivity index (χ1v) is 11.8. The summed E-state index contributed by atoms with van der Waals surface area (Å²) >= 11 is 0. The number of aromatic nitrogens is 3. The van der Waals surface area contributed by atoms with Gasteiger partial charge in [-0.05, 0) is 50.6 Å². The molecule has 2 aromatic carbocycles. The topological polar surface area (TPSA) is 81.5 Å². The fourth-order valence-electron chi connectivity index (χ4n) is 4.08. The van der Waals surface area contributed by atoms with Crippen LogP contribution in [0, 0.1) is 0 Å². The lowest BCUT2D eigenvalue weighted by Gasteiger charge is -2.20. The molecule has 0 saturated heterocycles. The number of hydrogen-bond donors (Lipinski definition) is 1. The number of fused-ring (bicyclic) bond motifs is 1. The Hall–Kier alpha value is -3.39. The Balaban J connectivity index is 1.30. The van der Waals surface area contributed by atoms with Crippen molar-refractivity contribution in [1.82, 2.24) is 25.0 Å². The molecular weight excluding hydrogens is 430 g/mol. The van der Waals surface area contributed by atoms with Gasteiger partial charge in [-0.1, -0.05) is 30.3 Å². The van der Waals surface area contributed by atoms with Crippen molar-refractivity contribution in [2.24, 2.45) is 0 Å². The van der Waals surface area contributed by atoms with Crippen molar-refractivity contribution in [2.45, 2.75) is 52.4 Å². The Morgan fingerprint density at radius 1 is 0.971 bits per heavy atom. The van der Waals surface area contributed by atoms with E-state index >= 15 is 0 Å². The second-order valence-electron chi connectivity index (χ2n) is 8.85. The standard InChI is InChI=1S/C26H33N5O3/c1-19(2)34-23-11-9-21(10-12-23)17-30-14-13-24-28-29-26(31(24)16-15-30)20(3)27-25(32)18-33-22-7-5-4-6-8-22/h4-12,19-20H,13-18H2,1-3H3,(H,27,32)/t20-/m0/s1. The molecule has 4 rings (SSSR count). The van der Waals surface area contributed by atoms with E-state index in [1.54, 1.807) is 0 Å². The first kappa shape index (κ1) is 23.8. The van der Waals surface area contributed by atoms with Gasteiger partial charge in [-0.25, -0.2) is 0 Å². The molecule has 1 N–H and O–H groups in total. The number of ether oxygens (including phenoxy) is 2. The lowest BCUT2D eigenvalue weighted by Crippen LogP contribution is -2.33. The molecule has 0 bridgehead atoms. The fraction of sp³-hybridized carbons (Fsp3) is 0.423. The van der Waals surface area contributed by atoms with Crippen LogP contribution in [0.5, 0.6) is 11.5 Å². The van der Waals surface area contributed by atoms with E-state index in [1.165, 1.54) is 5.56 Å². The van der Waals surface area contributed by atoms with E-state index in [1.807, 2.05) is 63.2 Å². The number of carbonyl (C=O) groups is 1. The average Bonchev–Trinajstić information content (AvgIpc) is 3.14. The summed E-state index contributed by atoms with van der Waals surface area (Å²) in [6, 6.07) is 17.4. The number of amides is 1. The van der Waals surface area contributed by atoms with Crippen LogP contribution in [-0.2, 0) is 24.3 Å². The van der Waals surface area contributed by atoms with Gasteiger partial charge in [-0.2, -0.15) is 0 Å². The summed E-state index contributed by atoms with van der Waals surface area (Å²) in [6.45, 7) is 9.41. The van der Waals surface area contributed by atoms with Crippen LogP contribution in [0.25, 0.3) is 0 Å². The van der Waals surface area contributed by atoms with Crippen molar-refractivity contribution >= 4 is 5.91 Å². The van der Waals surface area contributed by atoms with E-state index in [0.717, 1.165) is 50.0 Å². The van der Waals surface area contributed by atoms with Crippen molar-refractivity contribution < 1.29 is 14.3 Å². The summed E-state index contributed by atoms with van der Waals surface area (Å²) < 4.78 is 13.4. The minimum Gasteiger partial charge on any atom is -0.491 e. The van der Waals surface area contributed by atoms with Gasteiger partial charge in [0.1, 0.15) is 17.3 Å². The van der Waals surface area contributed by atoms with Gasteiger partial charge in [-0.3, -0.25) is 9.69 Å². The van der Waals surface area contributed by atoms with E-state index in [4.69, 9.17) is 9.47 Å². The molecular formula is C26H33N5O3. The molecule has 0 spiro atoms. The molecule has 0 radical (unpaired) electrons. The minimum atomic E-state index is -0.256. The maximum Gasteiger partial charge on any atom is 0.258 e. The molecule has 1 aromatic heterocycles. The van der Waals surface area contributed by atoms with Gasteiger partial charge in [0, 0.05) is 32.6 Å². The lowest BCUT2D eigenvalue weighted by molar-refractivity contribution is -0.123. The summed E-state index contributed by atoms with van der Waals surface area (Å²) in [7, 11) is 0. The Labute approximate surface area is 200 Å². The highest BCUT2D eigenvalue weighted by Gasteiger charge is 2.23. The highest BCUT2D eigenvalue weighted by atomic mass is 16.5. The zero-order chi connectivity index (χ0) is 23.9. The van der Waals surface area contributed by atoms with E-state index in [9.17, 15) is 4.79 Å². The van der Waals surface area contributed by atoms with E-state index < -0.39 is 0 Å². The van der Waals surface area contributed by atoms with Crippen molar-refractivity contribution in [3.05, 3.63) is 71.8 Å². The second-order valence-corrected chi connectivity index (χ2v) is 8.85. The molecule has 1 atom stereocenters. The first-order valence-electron chi connectivity index (χ1n) is 11.8. The van der Waals surface area contributed by atoms with Crippen LogP contribution in [0.15, 0.2) is 54.6 Å². The van der Waals surface area contributed by atoms with Gasteiger partial charge >= 0.3 is 0 Å². The van der Waals surface area contributed by atoms with Crippen LogP contribution < -0.4 is 14.8 Å². The zero-order valence-electron chi connectivity index (χ0n) is 20.1. The third-order valence-electron chi connectivity index (χ3n) is 5.73. The predicted molar refractivity (Wildman–Crippen MR) is 130 cm³/mol. The average molecular weight is 464 g/mol. The molecule has 0 aliphatic carbocycles. The molecule has 0 saturated carbocycles. The van der Waals surface area contributed by atoms with Crippen molar-refractivity contribution in [1.29, 1.82) is 0 Å². The first-order chi connectivity index (χ1) is 16.5. The smallest absolute Gasteiger partial charge is 0.258 e. The Morgan fingerprint density at radius 2 is 1.74 bits per heavy atom. The second kappa shape index (κ2) is 11.2. The highest BCUT2D eigenvalue weighted by molar-refractivity contribution is 5.77. The number of para-hydroxylation sites is 1. The third kappa shape index (κ3) is 6.35. The van der Waals surface area contributed by atoms with Crippen molar-refractivity contribution in [2.75, 3.05) is 19.7 Å². The quantitative estimate of drug-likeness (QED) is 0.524.